The van der Waals surface area contributed by atoms with Crippen LogP contribution in [0.4, 0.5) is 0 Å². The summed E-state index contributed by atoms with van der Waals surface area (Å²) in [4.78, 5) is 11.8. The third-order valence-corrected chi connectivity index (χ3v) is 2.92. The van der Waals surface area contributed by atoms with E-state index in [0.29, 0.717) is 6.42 Å². The maximum absolute atomic E-state index is 11.8. The zero-order valence-electron chi connectivity index (χ0n) is 7.88. The number of rotatable bonds is 1. The molecule has 2 aliphatic rings. The summed E-state index contributed by atoms with van der Waals surface area (Å²) in [6.45, 7) is 0. The molecule has 0 N–H and O–H groups in total. The largest absolute Gasteiger partial charge is 0.362 e. The summed E-state index contributed by atoms with van der Waals surface area (Å²) >= 11 is 0. The predicted molar refractivity (Wildman–Crippen MR) is 50.4 cm³/mol. The Hall–Kier alpha value is -0.890. The molecule has 0 amide bonds. The number of Topliss-reactive ketones (excluding diaryl/α,β-unsaturated/α-hetero) is 1. The summed E-state index contributed by atoms with van der Waals surface area (Å²) in [5.74, 6) is 0.212. The molecule has 2 rings (SSSR count). The Morgan fingerprint density at radius 3 is 3.00 bits per heavy atom. The van der Waals surface area contributed by atoms with Crippen molar-refractivity contribution < 1.29 is 9.53 Å². The number of methoxy groups -OCH3 is 1. The van der Waals surface area contributed by atoms with Crippen molar-refractivity contribution in [3.05, 3.63) is 23.8 Å². The second-order valence-electron chi connectivity index (χ2n) is 3.58. The lowest BCUT2D eigenvalue weighted by atomic mass is 9.76. The molecule has 0 spiro atoms. The molecule has 0 saturated heterocycles. The van der Waals surface area contributed by atoms with Gasteiger partial charge in [0.25, 0.3) is 0 Å². The van der Waals surface area contributed by atoms with Gasteiger partial charge < -0.3 is 4.74 Å². The van der Waals surface area contributed by atoms with Gasteiger partial charge in [-0.1, -0.05) is 12.2 Å². The third-order valence-electron chi connectivity index (χ3n) is 2.92. The molecule has 1 unspecified atom stereocenters. The van der Waals surface area contributed by atoms with Crippen molar-refractivity contribution in [3.8, 4) is 0 Å². The summed E-state index contributed by atoms with van der Waals surface area (Å²) in [7, 11) is 1.62. The zero-order valence-corrected chi connectivity index (χ0v) is 7.88. The summed E-state index contributed by atoms with van der Waals surface area (Å²) in [5.41, 5.74) is 0.477. The second-order valence-corrected chi connectivity index (χ2v) is 3.58. The molecule has 1 saturated carbocycles. The lowest BCUT2D eigenvalue weighted by molar-refractivity contribution is -0.134. The maximum atomic E-state index is 11.8. The number of hydrogen-bond donors (Lipinski definition) is 0. The van der Waals surface area contributed by atoms with Crippen molar-refractivity contribution in [1.29, 1.82) is 0 Å². The van der Waals surface area contributed by atoms with Gasteiger partial charge in [0.05, 0.1) is 0 Å². The molecule has 0 radical (unpaired) electrons. The van der Waals surface area contributed by atoms with Crippen molar-refractivity contribution in [2.24, 2.45) is 0 Å². The molecule has 0 aromatic rings. The van der Waals surface area contributed by atoms with E-state index in [9.17, 15) is 4.79 Å². The topological polar surface area (TPSA) is 26.3 Å². The first kappa shape index (κ1) is 8.70. The molecule has 0 aliphatic heterocycles. The lowest BCUT2D eigenvalue weighted by Gasteiger charge is -2.36. The Kier molecular flexibility index (Phi) is 2.08. The maximum Gasteiger partial charge on any atom is 0.172 e. The van der Waals surface area contributed by atoms with Crippen LogP contribution < -0.4 is 0 Å². The first-order valence-corrected chi connectivity index (χ1v) is 4.75. The van der Waals surface area contributed by atoms with Gasteiger partial charge in [0.15, 0.2) is 11.4 Å². The van der Waals surface area contributed by atoms with Crippen LogP contribution in [0.3, 0.4) is 0 Å². The van der Waals surface area contributed by atoms with Gasteiger partial charge >= 0.3 is 0 Å². The van der Waals surface area contributed by atoms with Crippen molar-refractivity contribution >= 4 is 5.78 Å². The molecule has 2 aliphatic carbocycles. The summed E-state index contributed by atoms with van der Waals surface area (Å²) in [6, 6.07) is 0. The van der Waals surface area contributed by atoms with E-state index in [1.165, 1.54) is 0 Å². The van der Waals surface area contributed by atoms with Crippen molar-refractivity contribution in [2.75, 3.05) is 7.11 Å². The van der Waals surface area contributed by atoms with Crippen LogP contribution in [0.5, 0.6) is 0 Å². The molecule has 70 valence electrons. The molecule has 2 nitrogen and oxygen atoms in total. The van der Waals surface area contributed by atoms with Gasteiger partial charge in [-0.05, 0) is 30.9 Å². The van der Waals surface area contributed by atoms with Crippen LogP contribution in [0.2, 0.25) is 0 Å². The number of fused-ring (bicyclic) bond motifs is 1. The zero-order chi connectivity index (χ0) is 9.31. The Morgan fingerprint density at radius 2 is 2.31 bits per heavy atom. The summed E-state index contributed by atoms with van der Waals surface area (Å²) in [6.07, 6.45) is 9.62. The fourth-order valence-electron chi connectivity index (χ4n) is 2.20. The van der Waals surface area contributed by atoms with Gasteiger partial charge in [0.1, 0.15) is 0 Å². The highest BCUT2D eigenvalue weighted by atomic mass is 16.5. The summed E-state index contributed by atoms with van der Waals surface area (Å²) in [5, 5.41) is 0. The highest BCUT2D eigenvalue weighted by Gasteiger charge is 2.42. The number of hydrogen-bond acceptors (Lipinski definition) is 2. The minimum absolute atomic E-state index is 0.212. The predicted octanol–water partition coefficient (Wildman–Crippen LogP) is 2.01. The molecular weight excluding hydrogens is 164 g/mol. The van der Waals surface area contributed by atoms with Crippen LogP contribution >= 0.6 is 0 Å². The number of allylic oxidation sites excluding steroid dienone is 2. The number of ketones is 1. The minimum Gasteiger partial charge on any atom is -0.362 e. The molecule has 0 bridgehead atoms. The van der Waals surface area contributed by atoms with E-state index in [2.05, 4.69) is 6.08 Å². The van der Waals surface area contributed by atoms with E-state index >= 15 is 0 Å². The molecule has 1 fully saturated rings. The lowest BCUT2D eigenvalue weighted by Crippen LogP contribution is -2.44. The number of carbonyl (C=O) groups is 1. The van der Waals surface area contributed by atoms with Gasteiger partial charge in [0, 0.05) is 13.5 Å². The molecule has 2 heteroatoms. The number of ether oxygens (including phenoxy) is 1. The van der Waals surface area contributed by atoms with E-state index in [1.807, 2.05) is 12.2 Å². The van der Waals surface area contributed by atoms with Crippen molar-refractivity contribution in [2.45, 2.75) is 31.3 Å². The highest BCUT2D eigenvalue weighted by Crippen LogP contribution is 2.37. The van der Waals surface area contributed by atoms with Crippen LogP contribution in [-0.4, -0.2) is 18.5 Å². The Morgan fingerprint density at radius 1 is 1.46 bits per heavy atom. The normalized spacial score (nSPS) is 32.7. The molecule has 13 heavy (non-hydrogen) atoms. The van der Waals surface area contributed by atoms with Crippen LogP contribution in [0.1, 0.15) is 25.7 Å². The Labute approximate surface area is 78.3 Å². The van der Waals surface area contributed by atoms with Crippen molar-refractivity contribution in [1.82, 2.24) is 0 Å². The van der Waals surface area contributed by atoms with Crippen LogP contribution in [0.15, 0.2) is 23.8 Å². The standard InChI is InChI=1S/C11H14O2/c1-13-11-8-3-2-5-9(11)6-4-7-10(11)12/h3,5,8H,2,4,6-7H2,1H3. The van der Waals surface area contributed by atoms with E-state index in [4.69, 9.17) is 4.74 Å². The average molecular weight is 178 g/mol. The Balaban J connectivity index is 2.41. The van der Waals surface area contributed by atoms with E-state index in [1.54, 1.807) is 7.11 Å². The van der Waals surface area contributed by atoms with E-state index < -0.39 is 5.60 Å². The molecule has 0 heterocycles. The minimum atomic E-state index is -0.684. The highest BCUT2D eigenvalue weighted by molar-refractivity contribution is 5.94. The summed E-state index contributed by atoms with van der Waals surface area (Å²) < 4.78 is 5.39. The van der Waals surface area contributed by atoms with Crippen LogP contribution in [0.25, 0.3) is 0 Å². The van der Waals surface area contributed by atoms with E-state index in [0.717, 1.165) is 24.8 Å². The van der Waals surface area contributed by atoms with Crippen LogP contribution in [-0.2, 0) is 9.53 Å². The van der Waals surface area contributed by atoms with Gasteiger partial charge in [-0.15, -0.1) is 0 Å². The van der Waals surface area contributed by atoms with E-state index in [-0.39, 0.29) is 5.78 Å². The van der Waals surface area contributed by atoms with Crippen molar-refractivity contribution in [3.63, 3.8) is 0 Å². The fraction of sp³-hybridized carbons (Fsp3) is 0.545. The molecule has 0 aromatic heterocycles. The van der Waals surface area contributed by atoms with Gasteiger partial charge in [-0.25, -0.2) is 0 Å². The van der Waals surface area contributed by atoms with Gasteiger partial charge in [0.2, 0.25) is 0 Å². The SMILES string of the molecule is COC12C=CCC=C1CCCC2=O. The first-order valence-electron chi connectivity index (χ1n) is 4.75. The fourth-order valence-corrected chi connectivity index (χ4v) is 2.20. The smallest absolute Gasteiger partial charge is 0.172 e. The van der Waals surface area contributed by atoms with Gasteiger partial charge in [-0.3, -0.25) is 4.79 Å². The third kappa shape index (κ3) is 1.17. The van der Waals surface area contributed by atoms with Gasteiger partial charge in [-0.2, -0.15) is 0 Å². The monoisotopic (exact) mass is 178 g/mol. The molecule has 0 aromatic carbocycles. The average Bonchev–Trinajstić information content (AvgIpc) is 2.19. The quantitative estimate of drug-likeness (QED) is 0.574. The molecule has 1 atom stereocenters. The van der Waals surface area contributed by atoms with Crippen LogP contribution in [0, 0.1) is 0 Å². The number of carbonyl (C=O) groups excluding carboxylic acids is 1. The Bertz CT molecular complexity index is 288. The second kappa shape index (κ2) is 3.11. The first-order chi connectivity index (χ1) is 6.29. The molecular formula is C11H14O2.